The minimum atomic E-state index is -0.289. The Morgan fingerprint density at radius 2 is 1.15 bits per heavy atom. The molecule has 0 fully saturated rings. The number of benzene rings is 2. The molecule has 146 valence electrons. The topological polar surface area (TPSA) is 26.3 Å². The molecule has 2 rings (SSSR count). The molecule has 2 heteroatoms. The number of carbonyl (C=O) groups excluding carboxylic acids is 1. The van der Waals surface area contributed by atoms with Crippen molar-refractivity contribution < 1.29 is 9.53 Å². The van der Waals surface area contributed by atoms with E-state index in [1.165, 1.54) is 62.5 Å². The molecule has 0 aromatic heterocycles. The fourth-order valence-electron chi connectivity index (χ4n) is 3.21. The van der Waals surface area contributed by atoms with Gasteiger partial charge in [-0.3, -0.25) is 0 Å². The molecule has 0 radical (unpaired) electrons. The fraction of sp³-hybridized carbons (Fsp3) is 0.480. The summed E-state index contributed by atoms with van der Waals surface area (Å²) >= 11 is 0. The second-order valence-electron chi connectivity index (χ2n) is 7.35. The van der Waals surface area contributed by atoms with Gasteiger partial charge < -0.3 is 4.74 Å². The highest BCUT2D eigenvalue weighted by atomic mass is 16.5. The second-order valence-corrected chi connectivity index (χ2v) is 7.35. The Hall–Kier alpha value is -2.09. The number of hydrogen-bond acceptors (Lipinski definition) is 2. The van der Waals surface area contributed by atoms with Crippen molar-refractivity contribution in [2.24, 2.45) is 0 Å². The van der Waals surface area contributed by atoms with Gasteiger partial charge in [-0.05, 0) is 61.1 Å². The molecule has 0 spiro atoms. The van der Waals surface area contributed by atoms with Crippen molar-refractivity contribution >= 4 is 5.97 Å². The van der Waals surface area contributed by atoms with E-state index in [1.807, 2.05) is 36.4 Å². The van der Waals surface area contributed by atoms with Gasteiger partial charge in [0.1, 0.15) is 5.75 Å². The molecule has 0 aliphatic carbocycles. The Balaban J connectivity index is 1.79. The van der Waals surface area contributed by atoms with Gasteiger partial charge in [0, 0.05) is 0 Å². The van der Waals surface area contributed by atoms with Crippen LogP contribution >= 0.6 is 0 Å². The van der Waals surface area contributed by atoms with Crippen molar-refractivity contribution in [1.82, 2.24) is 0 Å². The molecule has 0 amide bonds. The lowest BCUT2D eigenvalue weighted by Gasteiger charge is -2.07. The second kappa shape index (κ2) is 12.3. The van der Waals surface area contributed by atoms with Crippen LogP contribution in [0.2, 0.25) is 0 Å². The third-order valence-electron chi connectivity index (χ3n) is 4.96. The highest BCUT2D eigenvalue weighted by Gasteiger charge is 2.08. The average molecular weight is 367 g/mol. The lowest BCUT2D eigenvalue weighted by molar-refractivity contribution is 0.0734. The summed E-state index contributed by atoms with van der Waals surface area (Å²) in [4.78, 5) is 12.3. The third kappa shape index (κ3) is 7.99. The molecule has 0 saturated heterocycles. The zero-order chi connectivity index (χ0) is 19.3. The van der Waals surface area contributed by atoms with Crippen LogP contribution in [0.5, 0.6) is 5.75 Å². The van der Waals surface area contributed by atoms with E-state index in [-0.39, 0.29) is 5.97 Å². The molecule has 2 nitrogen and oxygen atoms in total. The molecular weight excluding hydrogens is 332 g/mol. The first-order valence-electron chi connectivity index (χ1n) is 10.6. The van der Waals surface area contributed by atoms with E-state index in [4.69, 9.17) is 4.74 Å². The Morgan fingerprint density at radius 3 is 1.74 bits per heavy atom. The number of esters is 1. The highest BCUT2D eigenvalue weighted by molar-refractivity contribution is 5.91. The van der Waals surface area contributed by atoms with Crippen LogP contribution in [-0.2, 0) is 12.8 Å². The van der Waals surface area contributed by atoms with Gasteiger partial charge >= 0.3 is 5.97 Å². The minimum Gasteiger partial charge on any atom is -0.423 e. The van der Waals surface area contributed by atoms with E-state index < -0.39 is 0 Å². The number of hydrogen-bond donors (Lipinski definition) is 0. The van der Waals surface area contributed by atoms with Crippen LogP contribution in [0.25, 0.3) is 0 Å². The molecule has 0 unspecified atom stereocenters. The first-order chi connectivity index (χ1) is 13.2. The third-order valence-corrected chi connectivity index (χ3v) is 4.96. The van der Waals surface area contributed by atoms with E-state index in [2.05, 4.69) is 26.0 Å². The van der Waals surface area contributed by atoms with Gasteiger partial charge in [-0.2, -0.15) is 0 Å². The summed E-state index contributed by atoms with van der Waals surface area (Å²) in [6.45, 7) is 4.45. The zero-order valence-electron chi connectivity index (χ0n) is 17.0. The van der Waals surface area contributed by atoms with E-state index in [1.54, 1.807) is 0 Å². The first-order valence-corrected chi connectivity index (χ1v) is 10.6. The summed E-state index contributed by atoms with van der Waals surface area (Å²) in [5, 5.41) is 0. The fourth-order valence-corrected chi connectivity index (χ4v) is 3.21. The predicted octanol–water partition coefficient (Wildman–Crippen LogP) is 7.15. The largest absolute Gasteiger partial charge is 0.423 e. The number of ether oxygens (including phenoxy) is 1. The van der Waals surface area contributed by atoms with E-state index in [0.717, 1.165) is 12.8 Å². The predicted molar refractivity (Wildman–Crippen MR) is 114 cm³/mol. The van der Waals surface area contributed by atoms with Gasteiger partial charge in [-0.15, -0.1) is 0 Å². The molecule has 27 heavy (non-hydrogen) atoms. The number of unbranched alkanes of at least 4 members (excludes halogenated alkanes) is 6. The molecule has 2 aromatic carbocycles. The number of rotatable bonds is 12. The molecule has 0 aliphatic rings. The SMILES string of the molecule is CCCCCCCc1ccc(C(=O)Oc2ccc(CCCCC)cc2)cc1. The monoisotopic (exact) mass is 366 g/mol. The Morgan fingerprint density at radius 1 is 0.667 bits per heavy atom. The van der Waals surface area contributed by atoms with Gasteiger partial charge in [0.25, 0.3) is 0 Å². The molecule has 0 heterocycles. The standard InChI is InChI=1S/C25H34O2/c1-3-5-7-8-10-12-21-13-17-23(18-14-21)25(26)27-24-19-15-22(16-20-24)11-9-6-4-2/h13-20H,3-12H2,1-2H3. The quantitative estimate of drug-likeness (QED) is 0.226. The summed E-state index contributed by atoms with van der Waals surface area (Å²) in [5.74, 6) is 0.322. The van der Waals surface area contributed by atoms with Crippen LogP contribution in [0.1, 0.15) is 86.7 Å². The Bertz CT molecular complexity index is 656. The van der Waals surface area contributed by atoms with Crippen molar-refractivity contribution in [3.63, 3.8) is 0 Å². The van der Waals surface area contributed by atoms with Crippen molar-refractivity contribution in [3.8, 4) is 5.75 Å². The lowest BCUT2D eigenvalue weighted by atomic mass is 10.0. The van der Waals surface area contributed by atoms with Gasteiger partial charge in [-0.1, -0.05) is 76.6 Å². The summed E-state index contributed by atoms with van der Waals surface area (Å²) in [5.41, 5.74) is 3.20. The molecule has 2 aromatic rings. The van der Waals surface area contributed by atoms with E-state index >= 15 is 0 Å². The van der Waals surface area contributed by atoms with Gasteiger partial charge in [0.2, 0.25) is 0 Å². The molecule has 0 saturated carbocycles. The molecule has 0 atom stereocenters. The van der Waals surface area contributed by atoms with Crippen LogP contribution in [0.3, 0.4) is 0 Å². The van der Waals surface area contributed by atoms with E-state index in [0.29, 0.717) is 11.3 Å². The summed E-state index contributed by atoms with van der Waals surface area (Å²) in [6, 6.07) is 15.7. The molecule has 0 aliphatic heterocycles. The maximum absolute atomic E-state index is 12.3. The van der Waals surface area contributed by atoms with Crippen molar-refractivity contribution in [3.05, 3.63) is 65.2 Å². The van der Waals surface area contributed by atoms with E-state index in [9.17, 15) is 4.79 Å². The van der Waals surface area contributed by atoms with Gasteiger partial charge in [-0.25, -0.2) is 4.79 Å². The lowest BCUT2D eigenvalue weighted by Crippen LogP contribution is -2.08. The molecule has 0 bridgehead atoms. The summed E-state index contributed by atoms with van der Waals surface area (Å²) in [7, 11) is 0. The number of carbonyl (C=O) groups is 1. The summed E-state index contributed by atoms with van der Waals surface area (Å²) < 4.78 is 5.51. The average Bonchev–Trinajstić information content (AvgIpc) is 2.70. The van der Waals surface area contributed by atoms with Gasteiger partial charge in [0.15, 0.2) is 0 Å². The van der Waals surface area contributed by atoms with Crippen LogP contribution in [-0.4, -0.2) is 5.97 Å². The van der Waals surface area contributed by atoms with Crippen molar-refractivity contribution in [2.75, 3.05) is 0 Å². The smallest absolute Gasteiger partial charge is 0.343 e. The maximum Gasteiger partial charge on any atom is 0.343 e. The van der Waals surface area contributed by atoms with Crippen LogP contribution < -0.4 is 4.74 Å². The maximum atomic E-state index is 12.3. The van der Waals surface area contributed by atoms with Gasteiger partial charge in [0.05, 0.1) is 5.56 Å². The van der Waals surface area contributed by atoms with Crippen LogP contribution in [0.4, 0.5) is 0 Å². The highest BCUT2D eigenvalue weighted by Crippen LogP contribution is 2.17. The van der Waals surface area contributed by atoms with Crippen LogP contribution in [0.15, 0.2) is 48.5 Å². The van der Waals surface area contributed by atoms with Crippen LogP contribution in [0, 0.1) is 0 Å². The Kier molecular flexibility index (Phi) is 9.68. The zero-order valence-corrected chi connectivity index (χ0v) is 17.0. The van der Waals surface area contributed by atoms with Crippen molar-refractivity contribution in [1.29, 1.82) is 0 Å². The first kappa shape index (κ1) is 21.2. The molecular formula is C25H34O2. The normalized spacial score (nSPS) is 10.7. The minimum absolute atomic E-state index is 0.289. The van der Waals surface area contributed by atoms with Crippen molar-refractivity contribution in [2.45, 2.75) is 78.1 Å². The number of aryl methyl sites for hydroxylation is 2. The Labute approximate surface area is 165 Å². The molecule has 0 N–H and O–H groups in total. The summed E-state index contributed by atoms with van der Waals surface area (Å²) in [6.07, 6.45) is 12.3.